The number of hydrogen-bond donors (Lipinski definition) is 1. The predicted octanol–water partition coefficient (Wildman–Crippen LogP) is 3.05. The van der Waals surface area contributed by atoms with Crippen LogP contribution in [0.3, 0.4) is 0 Å². The fraction of sp³-hybridized carbons (Fsp3) is 0.0667. The zero-order valence-corrected chi connectivity index (χ0v) is 10.2. The van der Waals surface area contributed by atoms with Gasteiger partial charge in [-0.15, -0.1) is 0 Å². The molecule has 1 amide bonds. The van der Waals surface area contributed by atoms with Crippen molar-refractivity contribution in [2.24, 2.45) is 0 Å². The van der Waals surface area contributed by atoms with Crippen LogP contribution < -0.4 is 4.90 Å². The van der Waals surface area contributed by atoms with Crippen LogP contribution in [0, 0.1) is 5.41 Å². The molecule has 0 unspecified atom stereocenters. The van der Waals surface area contributed by atoms with Gasteiger partial charge in [-0.3, -0.25) is 15.1 Å². The van der Waals surface area contributed by atoms with Crippen molar-refractivity contribution in [3.63, 3.8) is 0 Å². The number of nitrogens with zero attached hydrogens (tertiary/aromatic N) is 1. The summed E-state index contributed by atoms with van der Waals surface area (Å²) in [6, 6.07) is 7.32. The summed E-state index contributed by atoms with van der Waals surface area (Å²) in [6.07, 6.45) is 7.07. The van der Waals surface area contributed by atoms with Gasteiger partial charge in [-0.05, 0) is 25.1 Å². The summed E-state index contributed by atoms with van der Waals surface area (Å²) in [7, 11) is 0. The molecular formula is C15H14N2O. The Balaban J connectivity index is 2.58. The van der Waals surface area contributed by atoms with E-state index in [2.05, 4.69) is 6.58 Å². The maximum atomic E-state index is 12.1. The molecule has 1 aliphatic rings. The first-order chi connectivity index (χ1) is 8.70. The van der Waals surface area contributed by atoms with Crippen molar-refractivity contribution in [2.75, 3.05) is 4.90 Å². The van der Waals surface area contributed by atoms with Gasteiger partial charge in [0.05, 0.1) is 5.69 Å². The predicted molar refractivity (Wildman–Crippen MR) is 73.9 cm³/mol. The Morgan fingerprint density at radius 1 is 1.39 bits per heavy atom. The van der Waals surface area contributed by atoms with Gasteiger partial charge in [0, 0.05) is 11.3 Å². The topological polar surface area (TPSA) is 44.2 Å². The van der Waals surface area contributed by atoms with Gasteiger partial charge in [0.1, 0.15) is 5.71 Å². The van der Waals surface area contributed by atoms with E-state index in [-0.39, 0.29) is 11.6 Å². The smallest absolute Gasteiger partial charge is 0.281 e. The zero-order valence-electron chi connectivity index (χ0n) is 10.2. The molecule has 3 heteroatoms. The molecule has 1 aromatic carbocycles. The lowest BCUT2D eigenvalue weighted by Gasteiger charge is -2.17. The van der Waals surface area contributed by atoms with Gasteiger partial charge in [-0.25, -0.2) is 0 Å². The van der Waals surface area contributed by atoms with Crippen molar-refractivity contribution in [1.82, 2.24) is 0 Å². The third-order valence-electron chi connectivity index (χ3n) is 2.72. The molecule has 18 heavy (non-hydrogen) atoms. The molecule has 0 spiro atoms. The molecule has 90 valence electrons. The largest absolute Gasteiger partial charge is 0.295 e. The summed E-state index contributed by atoms with van der Waals surface area (Å²) in [5.74, 6) is -0.303. The lowest BCUT2D eigenvalue weighted by atomic mass is 10.1. The lowest BCUT2D eigenvalue weighted by Crippen LogP contribution is -2.28. The second kappa shape index (κ2) is 4.84. The van der Waals surface area contributed by atoms with Crippen molar-refractivity contribution in [3.05, 3.63) is 66.4 Å². The average Bonchev–Trinajstić information content (AvgIpc) is 2.63. The molecule has 0 bridgehead atoms. The molecule has 0 atom stereocenters. The molecule has 0 aromatic heterocycles. The molecule has 2 rings (SSSR count). The van der Waals surface area contributed by atoms with Gasteiger partial charge in [-0.2, -0.15) is 0 Å². The summed E-state index contributed by atoms with van der Waals surface area (Å²) >= 11 is 0. The van der Waals surface area contributed by atoms with E-state index < -0.39 is 0 Å². The van der Waals surface area contributed by atoms with E-state index in [1.165, 1.54) is 0 Å². The molecular weight excluding hydrogens is 224 g/mol. The number of fused-ring (bicyclic) bond motifs is 1. The lowest BCUT2D eigenvalue weighted by molar-refractivity contribution is -0.111. The number of allylic oxidation sites excluding steroid dienone is 4. The number of nitrogens with one attached hydrogen (secondary N) is 1. The SMILES string of the molecule is C=C/C=C(\C=C/C)N1C(=O)C(=N)c2ccccc21. The summed E-state index contributed by atoms with van der Waals surface area (Å²) in [5, 5.41) is 7.86. The fourth-order valence-corrected chi connectivity index (χ4v) is 1.97. The third-order valence-corrected chi connectivity index (χ3v) is 2.72. The monoisotopic (exact) mass is 238 g/mol. The van der Waals surface area contributed by atoms with E-state index >= 15 is 0 Å². The Hall–Kier alpha value is -2.42. The van der Waals surface area contributed by atoms with E-state index in [0.29, 0.717) is 11.3 Å². The fourth-order valence-electron chi connectivity index (χ4n) is 1.97. The zero-order chi connectivity index (χ0) is 13.1. The van der Waals surface area contributed by atoms with Crippen LogP contribution in [0.5, 0.6) is 0 Å². The van der Waals surface area contributed by atoms with Crippen molar-refractivity contribution in [3.8, 4) is 0 Å². The van der Waals surface area contributed by atoms with E-state index in [0.717, 1.165) is 5.69 Å². The van der Waals surface area contributed by atoms with Gasteiger partial charge in [-0.1, -0.05) is 36.9 Å². The second-order valence-corrected chi connectivity index (χ2v) is 3.86. The Labute approximate surface area is 106 Å². The summed E-state index contributed by atoms with van der Waals surface area (Å²) in [6.45, 7) is 5.54. The van der Waals surface area contributed by atoms with Gasteiger partial charge in [0.25, 0.3) is 5.91 Å². The molecule has 1 N–H and O–H groups in total. The Morgan fingerprint density at radius 2 is 2.11 bits per heavy atom. The highest BCUT2D eigenvalue weighted by molar-refractivity contribution is 6.54. The Morgan fingerprint density at radius 3 is 2.78 bits per heavy atom. The van der Waals surface area contributed by atoms with Crippen molar-refractivity contribution in [1.29, 1.82) is 5.41 Å². The molecule has 3 nitrogen and oxygen atoms in total. The first-order valence-electron chi connectivity index (χ1n) is 5.68. The van der Waals surface area contributed by atoms with Crippen LogP contribution in [0.15, 0.2) is 60.8 Å². The van der Waals surface area contributed by atoms with Crippen molar-refractivity contribution >= 4 is 17.3 Å². The van der Waals surface area contributed by atoms with Crippen LogP contribution in [0.4, 0.5) is 5.69 Å². The number of para-hydroxylation sites is 1. The van der Waals surface area contributed by atoms with Crippen LogP contribution in [-0.2, 0) is 4.79 Å². The van der Waals surface area contributed by atoms with E-state index in [1.807, 2.05) is 37.3 Å². The number of rotatable bonds is 3. The number of amides is 1. The number of carbonyl (C=O) groups is 1. The first kappa shape index (κ1) is 12.0. The van der Waals surface area contributed by atoms with E-state index in [1.54, 1.807) is 23.1 Å². The average molecular weight is 238 g/mol. The Kier molecular flexibility index (Phi) is 3.24. The molecule has 0 fully saturated rings. The second-order valence-electron chi connectivity index (χ2n) is 3.86. The standard InChI is InChI=1S/C15H14N2O/c1-3-7-11(8-4-2)17-13-10-6-5-9-12(13)14(16)15(17)18/h3-10,16H,1H2,2H3/b8-4-,11-7+,16-14?. The van der Waals surface area contributed by atoms with Crippen LogP contribution in [0.25, 0.3) is 0 Å². The molecule has 1 aliphatic heterocycles. The maximum absolute atomic E-state index is 12.1. The number of benzene rings is 1. The summed E-state index contributed by atoms with van der Waals surface area (Å²) in [4.78, 5) is 13.7. The minimum Gasteiger partial charge on any atom is -0.295 e. The first-order valence-corrected chi connectivity index (χ1v) is 5.68. The molecule has 0 aliphatic carbocycles. The van der Waals surface area contributed by atoms with E-state index in [9.17, 15) is 4.79 Å². The van der Waals surface area contributed by atoms with Crippen LogP contribution in [0.1, 0.15) is 12.5 Å². The normalized spacial score (nSPS) is 15.4. The number of hydrogen-bond acceptors (Lipinski definition) is 2. The van der Waals surface area contributed by atoms with Crippen LogP contribution in [0.2, 0.25) is 0 Å². The van der Waals surface area contributed by atoms with Crippen LogP contribution >= 0.6 is 0 Å². The van der Waals surface area contributed by atoms with Gasteiger partial charge < -0.3 is 0 Å². The summed E-state index contributed by atoms with van der Waals surface area (Å²) in [5.41, 5.74) is 2.16. The minimum absolute atomic E-state index is 0.0325. The molecule has 0 saturated heterocycles. The van der Waals surface area contributed by atoms with Crippen LogP contribution in [-0.4, -0.2) is 11.6 Å². The summed E-state index contributed by atoms with van der Waals surface area (Å²) < 4.78 is 0. The minimum atomic E-state index is -0.303. The maximum Gasteiger partial charge on any atom is 0.281 e. The molecule has 1 heterocycles. The third kappa shape index (κ3) is 1.80. The van der Waals surface area contributed by atoms with Crippen molar-refractivity contribution < 1.29 is 4.79 Å². The molecule has 0 radical (unpaired) electrons. The van der Waals surface area contributed by atoms with E-state index in [4.69, 9.17) is 5.41 Å². The number of anilines is 1. The highest BCUT2D eigenvalue weighted by atomic mass is 16.2. The molecule has 1 aromatic rings. The highest BCUT2D eigenvalue weighted by Gasteiger charge is 2.33. The molecule has 0 saturated carbocycles. The van der Waals surface area contributed by atoms with Gasteiger partial charge >= 0.3 is 0 Å². The number of carbonyl (C=O) groups excluding carboxylic acids is 1. The van der Waals surface area contributed by atoms with Gasteiger partial charge in [0.2, 0.25) is 0 Å². The quantitative estimate of drug-likeness (QED) is 0.808. The highest BCUT2D eigenvalue weighted by Crippen LogP contribution is 2.31. The Bertz CT molecular complexity index is 582. The van der Waals surface area contributed by atoms with Gasteiger partial charge in [0.15, 0.2) is 0 Å². The van der Waals surface area contributed by atoms with Crippen molar-refractivity contribution in [2.45, 2.75) is 6.92 Å².